The van der Waals surface area contributed by atoms with Crippen LogP contribution in [0.3, 0.4) is 0 Å². The Balaban J connectivity index is 1.46. The molecule has 3 aromatic heterocycles. The molecule has 0 aromatic carbocycles. The van der Waals surface area contributed by atoms with E-state index >= 15 is 0 Å². The van der Waals surface area contributed by atoms with Gasteiger partial charge in [-0.25, -0.2) is 19.9 Å². The number of fused-ring (bicyclic) bond motifs is 1. The number of carbonyl (C=O) groups excluding carboxylic acids is 1. The van der Waals surface area contributed by atoms with E-state index in [1.807, 2.05) is 13.8 Å². The molecule has 0 saturated heterocycles. The molecule has 9 nitrogen and oxygen atoms in total. The fraction of sp³-hybridized carbons (Fsp3) is 0.440. The van der Waals surface area contributed by atoms with E-state index in [2.05, 4.69) is 36.1 Å². The molecule has 0 radical (unpaired) electrons. The van der Waals surface area contributed by atoms with Gasteiger partial charge in [0.05, 0.1) is 17.3 Å². The van der Waals surface area contributed by atoms with Gasteiger partial charge in [-0.3, -0.25) is 4.79 Å². The number of likely N-dealkylation sites (N-methyl/N-ethyl adjacent to an activating group) is 1. The quantitative estimate of drug-likeness (QED) is 0.499. The van der Waals surface area contributed by atoms with Gasteiger partial charge in [-0.1, -0.05) is 0 Å². The number of nitrogens with one attached hydrogen (secondary N) is 1. The Bertz CT molecular complexity index is 1230. The highest BCUT2D eigenvalue weighted by Crippen LogP contribution is 2.30. The van der Waals surface area contributed by atoms with E-state index in [9.17, 15) is 13.6 Å². The van der Waals surface area contributed by atoms with Crippen LogP contribution in [0.4, 0.5) is 14.6 Å². The molecule has 4 rings (SSSR count). The number of pyridine rings is 1. The smallest absolute Gasteiger partial charge is 0.388 e. The Kier molecular flexibility index (Phi) is 7.66. The van der Waals surface area contributed by atoms with Crippen LogP contribution < -0.4 is 10.1 Å². The number of nitrogens with zero attached hydrogens (tertiary/aromatic N) is 6. The number of aromatic nitrogens is 5. The Hall–Kier alpha value is -3.76. The third-order valence-electron chi connectivity index (χ3n) is 6.19. The van der Waals surface area contributed by atoms with E-state index in [1.165, 1.54) is 6.07 Å². The number of hydrogen-bond donors (Lipinski definition) is 1. The zero-order valence-corrected chi connectivity index (χ0v) is 20.7. The monoisotopic (exact) mass is 497 g/mol. The molecule has 2 atom stereocenters. The Morgan fingerprint density at radius 3 is 2.64 bits per heavy atom. The summed E-state index contributed by atoms with van der Waals surface area (Å²) in [5, 5.41) is 3.48. The fourth-order valence-corrected chi connectivity index (χ4v) is 4.34. The highest BCUT2D eigenvalue weighted by atomic mass is 19.3. The van der Waals surface area contributed by atoms with Crippen molar-refractivity contribution in [2.45, 2.75) is 59.1 Å². The Morgan fingerprint density at radius 2 is 1.94 bits per heavy atom. The first-order valence-corrected chi connectivity index (χ1v) is 11.9. The number of ether oxygens (including phenoxy) is 1. The van der Waals surface area contributed by atoms with Gasteiger partial charge < -0.3 is 15.0 Å². The van der Waals surface area contributed by atoms with Gasteiger partial charge in [0.15, 0.2) is 5.82 Å². The minimum Gasteiger partial charge on any atom is -0.417 e. The second kappa shape index (κ2) is 10.9. The molecule has 36 heavy (non-hydrogen) atoms. The summed E-state index contributed by atoms with van der Waals surface area (Å²) in [6, 6.07) is 5.17. The van der Waals surface area contributed by atoms with Crippen LogP contribution in [0.1, 0.15) is 49.0 Å². The molecule has 1 amide bonds. The lowest BCUT2D eigenvalue weighted by atomic mass is 9.97. The van der Waals surface area contributed by atoms with Gasteiger partial charge >= 0.3 is 6.61 Å². The van der Waals surface area contributed by atoms with E-state index in [0.717, 1.165) is 35.5 Å². The molecule has 1 aliphatic heterocycles. The maximum absolute atomic E-state index is 13.3. The van der Waals surface area contributed by atoms with Crippen molar-refractivity contribution in [3.63, 3.8) is 0 Å². The lowest BCUT2D eigenvalue weighted by Gasteiger charge is -2.32. The van der Waals surface area contributed by atoms with Crippen molar-refractivity contribution >= 4 is 11.7 Å². The van der Waals surface area contributed by atoms with Crippen LogP contribution >= 0.6 is 0 Å². The first-order valence-electron chi connectivity index (χ1n) is 11.9. The molecule has 3 aromatic rings. The number of amides is 1. The third kappa shape index (κ3) is 5.72. The molecular formula is C25H29F2N7O2. The average molecular weight is 498 g/mol. The summed E-state index contributed by atoms with van der Waals surface area (Å²) >= 11 is 0. The molecule has 190 valence electrons. The first kappa shape index (κ1) is 25.3. The van der Waals surface area contributed by atoms with Gasteiger partial charge in [0.2, 0.25) is 11.8 Å². The average Bonchev–Trinajstić information content (AvgIpc) is 2.85. The minimum atomic E-state index is -3.00. The highest BCUT2D eigenvalue weighted by molar-refractivity contribution is 5.83. The first-order chi connectivity index (χ1) is 17.2. The lowest BCUT2D eigenvalue weighted by Crippen LogP contribution is -2.43. The van der Waals surface area contributed by atoms with Crippen molar-refractivity contribution in [2.75, 3.05) is 18.4 Å². The summed E-state index contributed by atoms with van der Waals surface area (Å²) in [5.41, 5.74) is 3.16. The van der Waals surface area contributed by atoms with Crippen molar-refractivity contribution in [3.8, 4) is 17.3 Å². The van der Waals surface area contributed by atoms with Gasteiger partial charge in [-0.05, 0) is 58.2 Å². The standard InChI is InChI=1S/C25H29F2N7O2/c1-5-34(24(35)14(2)20-12-21(36-25(26)27)32-16(4)31-20)13-18-8-7-17-11-19(15(3)30-22(17)33-18)23-28-9-6-10-29-23/h6,9-12,14,18,25H,5,7-8,13H2,1-4H3,(H,30,33)/t14-,18-/m1/s1. The van der Waals surface area contributed by atoms with Crippen LogP contribution in [-0.2, 0) is 11.2 Å². The highest BCUT2D eigenvalue weighted by Gasteiger charge is 2.28. The van der Waals surface area contributed by atoms with E-state index in [1.54, 1.807) is 37.2 Å². The van der Waals surface area contributed by atoms with E-state index in [4.69, 9.17) is 4.98 Å². The summed E-state index contributed by atoms with van der Waals surface area (Å²) in [6.45, 7) is 5.09. The van der Waals surface area contributed by atoms with Crippen LogP contribution in [0.2, 0.25) is 0 Å². The number of rotatable bonds is 8. The van der Waals surface area contributed by atoms with Gasteiger partial charge in [-0.2, -0.15) is 13.8 Å². The molecule has 11 heteroatoms. The maximum atomic E-state index is 13.3. The maximum Gasteiger partial charge on any atom is 0.388 e. The Morgan fingerprint density at radius 1 is 1.19 bits per heavy atom. The van der Waals surface area contributed by atoms with Crippen molar-refractivity contribution in [3.05, 3.63) is 53.4 Å². The number of aryl methyl sites for hydroxylation is 3. The van der Waals surface area contributed by atoms with E-state index < -0.39 is 12.5 Å². The molecule has 4 heterocycles. The topological polar surface area (TPSA) is 106 Å². The van der Waals surface area contributed by atoms with Crippen LogP contribution in [0, 0.1) is 13.8 Å². The summed E-state index contributed by atoms with van der Waals surface area (Å²) in [4.78, 5) is 36.6. The molecule has 0 bridgehead atoms. The van der Waals surface area contributed by atoms with Crippen LogP contribution in [0.15, 0.2) is 30.6 Å². The second-order valence-corrected chi connectivity index (χ2v) is 8.74. The Labute approximate surface area is 208 Å². The number of anilines is 1. The summed E-state index contributed by atoms with van der Waals surface area (Å²) in [7, 11) is 0. The molecule has 0 unspecified atom stereocenters. The number of carbonyl (C=O) groups is 1. The number of hydrogen-bond acceptors (Lipinski definition) is 8. The zero-order chi connectivity index (χ0) is 25.8. The summed E-state index contributed by atoms with van der Waals surface area (Å²) < 4.78 is 29.7. The predicted octanol–water partition coefficient (Wildman–Crippen LogP) is 3.93. The second-order valence-electron chi connectivity index (χ2n) is 8.74. The lowest BCUT2D eigenvalue weighted by molar-refractivity contribution is -0.132. The molecular weight excluding hydrogens is 468 g/mol. The normalized spacial score (nSPS) is 15.7. The van der Waals surface area contributed by atoms with Gasteiger partial charge in [-0.15, -0.1) is 0 Å². The fourth-order valence-electron chi connectivity index (χ4n) is 4.34. The van der Waals surface area contributed by atoms with Crippen molar-refractivity contribution < 1.29 is 18.3 Å². The van der Waals surface area contributed by atoms with Crippen LogP contribution in [0.5, 0.6) is 5.88 Å². The van der Waals surface area contributed by atoms with Crippen LogP contribution in [-0.4, -0.2) is 61.5 Å². The SMILES string of the molecule is CCN(C[C@H]1CCc2cc(-c3ncccn3)c(C)nc2N1)C(=O)[C@H](C)c1cc(OC(F)F)nc(C)n1. The molecule has 1 N–H and O–H groups in total. The van der Waals surface area contributed by atoms with Crippen molar-refractivity contribution in [1.29, 1.82) is 0 Å². The molecule has 0 aliphatic carbocycles. The predicted molar refractivity (Wildman–Crippen MR) is 130 cm³/mol. The third-order valence-corrected chi connectivity index (χ3v) is 6.19. The summed E-state index contributed by atoms with van der Waals surface area (Å²) in [6.07, 6.45) is 5.05. The van der Waals surface area contributed by atoms with Crippen molar-refractivity contribution in [1.82, 2.24) is 29.8 Å². The minimum absolute atomic E-state index is 0.0178. The van der Waals surface area contributed by atoms with Gasteiger partial charge in [0, 0.05) is 43.2 Å². The largest absolute Gasteiger partial charge is 0.417 e. The van der Waals surface area contributed by atoms with Crippen LogP contribution in [0.25, 0.3) is 11.4 Å². The van der Waals surface area contributed by atoms with E-state index in [-0.39, 0.29) is 23.7 Å². The number of alkyl halides is 2. The van der Waals surface area contributed by atoms with Crippen molar-refractivity contribution in [2.24, 2.45) is 0 Å². The zero-order valence-electron chi connectivity index (χ0n) is 20.7. The van der Waals surface area contributed by atoms with E-state index in [0.29, 0.717) is 24.6 Å². The molecule has 0 fully saturated rings. The molecule has 0 saturated carbocycles. The molecule has 1 aliphatic rings. The number of halogens is 2. The molecule has 0 spiro atoms. The van der Waals surface area contributed by atoms with Gasteiger partial charge in [0.1, 0.15) is 11.6 Å². The van der Waals surface area contributed by atoms with Gasteiger partial charge in [0.25, 0.3) is 0 Å². The summed E-state index contributed by atoms with van der Waals surface area (Å²) in [5.74, 6) is 0.676.